The van der Waals surface area contributed by atoms with Crippen molar-refractivity contribution in [3.8, 4) is 0 Å². The van der Waals surface area contributed by atoms with Gasteiger partial charge >= 0.3 is 0 Å². The van der Waals surface area contributed by atoms with Gasteiger partial charge in [0.25, 0.3) is 0 Å². The van der Waals surface area contributed by atoms with E-state index in [1.807, 2.05) is 34.9 Å². The Labute approximate surface area is 205 Å². The Morgan fingerprint density at radius 1 is 0.879 bits per heavy atom. The second kappa shape index (κ2) is 11.0. The average Bonchev–Trinajstić information content (AvgIpc) is 2.73. The van der Waals surface area contributed by atoms with E-state index in [4.69, 9.17) is 39.5 Å². The maximum atomic E-state index is 6.27. The van der Waals surface area contributed by atoms with Gasteiger partial charge < -0.3 is 38.1 Å². The minimum atomic E-state index is -0.0266. The minimum Gasteiger partial charge on any atom is -0.350 e. The monoisotopic (exact) mass is 496 g/mol. The quantitative estimate of drug-likeness (QED) is 0.396. The lowest BCUT2D eigenvalue weighted by atomic mass is 10.0. The number of halogens is 2. The van der Waals surface area contributed by atoms with Gasteiger partial charge in [0.15, 0.2) is 0 Å². The van der Waals surface area contributed by atoms with E-state index in [9.17, 15) is 0 Å². The fourth-order valence-corrected chi connectivity index (χ4v) is 4.61. The molecule has 2 aliphatic rings. The third kappa shape index (κ3) is 6.34. The topological polar surface area (TPSA) is 161 Å². The Bertz CT molecular complexity index is 881. The Hall–Kier alpha value is -1.95. The van der Waals surface area contributed by atoms with E-state index >= 15 is 0 Å². The number of hydrogen-bond acceptors (Lipinski definition) is 10. The highest BCUT2D eigenvalue weighted by molar-refractivity contribution is 6.31. The van der Waals surface area contributed by atoms with Crippen LogP contribution in [-0.4, -0.2) is 65.3 Å². The molecule has 0 bridgehead atoms. The first-order valence-electron chi connectivity index (χ1n) is 11.0. The molecular formula is C21H34Cl2N10. The summed E-state index contributed by atoms with van der Waals surface area (Å²) in [5, 5.41) is 4.06. The largest absolute Gasteiger partial charge is 0.350 e. The maximum absolute atomic E-state index is 6.27. The smallest absolute Gasteiger partial charge is 0.232 e. The van der Waals surface area contributed by atoms with Crippen molar-refractivity contribution in [3.63, 3.8) is 0 Å². The van der Waals surface area contributed by atoms with E-state index in [1.165, 1.54) is 0 Å². The molecule has 12 heteroatoms. The number of piperidine rings is 2. The molecule has 4 rings (SSSR count). The summed E-state index contributed by atoms with van der Waals surface area (Å²) in [5.41, 5.74) is 26.9. The molecule has 2 saturated heterocycles. The molecule has 3 heterocycles. The molecule has 0 aliphatic carbocycles. The highest BCUT2D eigenvalue weighted by atomic mass is 35.5. The molecule has 1 aromatic heterocycles. The van der Waals surface area contributed by atoms with E-state index in [2.05, 4.69) is 15.3 Å². The molecule has 10 nitrogen and oxygen atoms in total. The number of nitrogens with zero attached hydrogens (tertiary/aromatic N) is 5. The summed E-state index contributed by atoms with van der Waals surface area (Å²) < 4.78 is 0. The van der Waals surface area contributed by atoms with Crippen LogP contribution in [0.4, 0.5) is 17.8 Å². The van der Waals surface area contributed by atoms with E-state index < -0.39 is 0 Å². The van der Waals surface area contributed by atoms with Crippen molar-refractivity contribution >= 4 is 41.9 Å². The van der Waals surface area contributed by atoms with Crippen LogP contribution in [0.3, 0.4) is 0 Å². The van der Waals surface area contributed by atoms with Gasteiger partial charge in [-0.2, -0.15) is 15.0 Å². The molecule has 0 spiro atoms. The number of nitrogens with two attached hydrogens (primary N) is 4. The van der Waals surface area contributed by atoms with E-state index in [-0.39, 0.29) is 36.6 Å². The Morgan fingerprint density at radius 3 is 1.85 bits per heavy atom. The third-order valence-electron chi connectivity index (χ3n) is 6.02. The van der Waals surface area contributed by atoms with Gasteiger partial charge in [-0.15, -0.1) is 12.4 Å². The van der Waals surface area contributed by atoms with Crippen LogP contribution in [0.1, 0.15) is 24.0 Å². The standard InChI is InChI=1S/C21H33ClN10.ClH/c1-12-13(3-2-4-18(12)22)7-27-19-28-20(31-8-14(23)5-15(24)9-31)30-21(29-19)32-10-16(25)6-17(26)11-32;/h2-4,14-17H,5-11,23-26H2,1H3,(H,27,28,29,30);1H/t14-,15+,16-,17+;. The molecule has 0 unspecified atom stereocenters. The molecular weight excluding hydrogens is 463 g/mol. The number of nitrogens with one attached hydrogen (secondary N) is 1. The summed E-state index contributed by atoms with van der Waals surface area (Å²) in [5.74, 6) is 1.59. The van der Waals surface area contributed by atoms with Crippen LogP contribution in [0.2, 0.25) is 5.02 Å². The second-order valence-electron chi connectivity index (χ2n) is 8.96. The Kier molecular flexibility index (Phi) is 8.54. The van der Waals surface area contributed by atoms with Gasteiger partial charge in [0.2, 0.25) is 17.8 Å². The number of benzene rings is 1. The van der Waals surface area contributed by atoms with Gasteiger partial charge in [0.1, 0.15) is 0 Å². The molecule has 0 radical (unpaired) electrons. The molecule has 9 N–H and O–H groups in total. The lowest BCUT2D eigenvalue weighted by Gasteiger charge is -2.37. The molecule has 2 aliphatic heterocycles. The predicted octanol–water partition coefficient (Wildman–Crippen LogP) is 0.597. The van der Waals surface area contributed by atoms with Crippen LogP contribution in [0.25, 0.3) is 0 Å². The summed E-state index contributed by atoms with van der Waals surface area (Å²) in [6.07, 6.45) is 1.56. The summed E-state index contributed by atoms with van der Waals surface area (Å²) in [6.45, 7) is 5.10. The molecule has 182 valence electrons. The van der Waals surface area contributed by atoms with Crippen molar-refractivity contribution in [2.75, 3.05) is 41.3 Å². The van der Waals surface area contributed by atoms with Gasteiger partial charge in [-0.1, -0.05) is 23.7 Å². The summed E-state index contributed by atoms with van der Waals surface area (Å²) in [4.78, 5) is 18.2. The van der Waals surface area contributed by atoms with E-state index in [0.717, 1.165) is 29.0 Å². The second-order valence-corrected chi connectivity index (χ2v) is 9.37. The van der Waals surface area contributed by atoms with E-state index in [1.54, 1.807) is 0 Å². The van der Waals surface area contributed by atoms with Crippen molar-refractivity contribution in [2.45, 2.75) is 50.5 Å². The highest BCUT2D eigenvalue weighted by Crippen LogP contribution is 2.23. The fraction of sp³-hybridized carbons (Fsp3) is 0.571. The van der Waals surface area contributed by atoms with Crippen LogP contribution < -0.4 is 38.1 Å². The first-order valence-corrected chi connectivity index (χ1v) is 11.4. The third-order valence-corrected chi connectivity index (χ3v) is 6.43. The van der Waals surface area contributed by atoms with Gasteiger partial charge in [-0.05, 0) is 37.0 Å². The van der Waals surface area contributed by atoms with Crippen molar-refractivity contribution in [1.82, 2.24) is 15.0 Å². The first kappa shape index (κ1) is 25.7. The lowest BCUT2D eigenvalue weighted by molar-refractivity contribution is 0.441. The predicted molar refractivity (Wildman–Crippen MR) is 136 cm³/mol. The Morgan fingerprint density at radius 2 is 1.36 bits per heavy atom. The zero-order chi connectivity index (χ0) is 22.8. The van der Waals surface area contributed by atoms with E-state index in [0.29, 0.717) is 50.6 Å². The molecule has 4 atom stereocenters. The normalized spacial score (nSPS) is 25.5. The van der Waals surface area contributed by atoms with Crippen LogP contribution in [0, 0.1) is 6.92 Å². The number of rotatable bonds is 5. The zero-order valence-electron chi connectivity index (χ0n) is 18.8. The zero-order valence-corrected chi connectivity index (χ0v) is 20.4. The first-order chi connectivity index (χ1) is 15.3. The fourth-order valence-electron chi connectivity index (χ4n) is 4.42. The molecule has 2 aromatic rings. The van der Waals surface area contributed by atoms with Crippen LogP contribution in [-0.2, 0) is 6.54 Å². The van der Waals surface area contributed by atoms with Crippen LogP contribution in [0.15, 0.2) is 18.2 Å². The number of anilines is 3. The van der Waals surface area contributed by atoms with Crippen molar-refractivity contribution in [3.05, 3.63) is 34.3 Å². The Balaban J connectivity index is 0.00000306. The van der Waals surface area contributed by atoms with Crippen LogP contribution in [0.5, 0.6) is 0 Å². The van der Waals surface area contributed by atoms with Gasteiger partial charge in [-0.3, -0.25) is 0 Å². The lowest BCUT2D eigenvalue weighted by Crippen LogP contribution is -2.54. The molecule has 1 aromatic carbocycles. The molecule has 0 saturated carbocycles. The van der Waals surface area contributed by atoms with Crippen molar-refractivity contribution in [1.29, 1.82) is 0 Å². The summed E-state index contributed by atoms with van der Waals surface area (Å²) in [7, 11) is 0. The average molecular weight is 497 g/mol. The molecule has 33 heavy (non-hydrogen) atoms. The highest BCUT2D eigenvalue weighted by Gasteiger charge is 2.28. The summed E-state index contributed by atoms with van der Waals surface area (Å²) >= 11 is 6.27. The van der Waals surface area contributed by atoms with Gasteiger partial charge in [0, 0.05) is 61.9 Å². The number of aromatic nitrogens is 3. The summed E-state index contributed by atoms with van der Waals surface area (Å²) in [6, 6.07) is 5.74. The van der Waals surface area contributed by atoms with Crippen LogP contribution >= 0.6 is 24.0 Å². The molecule has 0 amide bonds. The van der Waals surface area contributed by atoms with Crippen molar-refractivity contribution in [2.24, 2.45) is 22.9 Å². The number of hydrogen-bond donors (Lipinski definition) is 5. The maximum Gasteiger partial charge on any atom is 0.232 e. The molecule has 2 fully saturated rings. The minimum absolute atomic E-state index is 0. The van der Waals surface area contributed by atoms with Gasteiger partial charge in [0.05, 0.1) is 0 Å². The van der Waals surface area contributed by atoms with Gasteiger partial charge in [-0.25, -0.2) is 0 Å². The SMILES string of the molecule is Cc1c(Cl)cccc1CNc1nc(N2C[C@H](N)C[C@H](N)C2)nc(N2C[C@H](N)C[C@H](N)C2)n1.Cl. The van der Waals surface area contributed by atoms with Crippen molar-refractivity contribution < 1.29 is 0 Å².